The molecule has 1 aliphatic heterocycles. The van der Waals surface area contributed by atoms with Crippen LogP contribution in [0.3, 0.4) is 0 Å². The molecule has 2 amide bonds. The minimum atomic E-state index is -0.801. The Morgan fingerprint density at radius 2 is 2.04 bits per heavy atom. The molecule has 0 aromatic heterocycles. The van der Waals surface area contributed by atoms with Crippen LogP contribution >= 0.6 is 11.6 Å². The number of Topliss-reactive ketones (excluding diaryl/α,β-unsaturated/α-hetero) is 1. The van der Waals surface area contributed by atoms with Crippen molar-refractivity contribution in [1.29, 1.82) is 0 Å². The number of carbonyl (C=O) groups is 2. The lowest BCUT2D eigenvalue weighted by Crippen LogP contribution is -2.63. The summed E-state index contributed by atoms with van der Waals surface area (Å²) in [5.74, 6) is -2.07. The maximum atomic E-state index is 14.6. The van der Waals surface area contributed by atoms with Crippen molar-refractivity contribution in [1.82, 2.24) is 10.6 Å². The standard InChI is InChI=1S/C18H19ClF2N2O2/c1-17-6-18(7-17,8-17)10(4-13(24)12-5-22-16(25)23-12)9-2-3-11(20)14(19)15(9)21/h2-3,10,12H,4-8H2,1H3,(H2,22,23,25)/t10?,12-,17?,18?/m0/s1. The molecule has 3 aliphatic carbocycles. The van der Waals surface area contributed by atoms with E-state index in [0.29, 0.717) is 5.56 Å². The summed E-state index contributed by atoms with van der Waals surface area (Å²) in [7, 11) is 0. The van der Waals surface area contributed by atoms with Gasteiger partial charge in [-0.2, -0.15) is 0 Å². The van der Waals surface area contributed by atoms with Crippen molar-refractivity contribution in [2.75, 3.05) is 6.54 Å². The van der Waals surface area contributed by atoms with Crippen molar-refractivity contribution < 1.29 is 18.4 Å². The highest BCUT2D eigenvalue weighted by atomic mass is 35.5. The van der Waals surface area contributed by atoms with Crippen LogP contribution in [0.25, 0.3) is 0 Å². The lowest BCUT2D eigenvalue weighted by atomic mass is 9.32. The molecule has 134 valence electrons. The van der Waals surface area contributed by atoms with Gasteiger partial charge in [-0.3, -0.25) is 4.79 Å². The van der Waals surface area contributed by atoms with E-state index in [1.165, 1.54) is 6.07 Å². The van der Waals surface area contributed by atoms with Crippen LogP contribution in [0.2, 0.25) is 5.02 Å². The Balaban J connectivity index is 1.63. The van der Waals surface area contributed by atoms with Gasteiger partial charge >= 0.3 is 6.03 Å². The molecule has 4 aliphatic rings. The second kappa shape index (κ2) is 5.40. The fraction of sp³-hybridized carbons (Fsp3) is 0.556. The summed E-state index contributed by atoms with van der Waals surface area (Å²) in [6.07, 6.45) is 2.91. The summed E-state index contributed by atoms with van der Waals surface area (Å²) < 4.78 is 28.2. The van der Waals surface area contributed by atoms with Gasteiger partial charge < -0.3 is 10.6 Å². The van der Waals surface area contributed by atoms with Gasteiger partial charge in [-0.1, -0.05) is 24.6 Å². The molecule has 25 heavy (non-hydrogen) atoms. The lowest BCUT2D eigenvalue weighted by Gasteiger charge is -2.72. The Morgan fingerprint density at radius 1 is 1.36 bits per heavy atom. The molecular weight excluding hydrogens is 350 g/mol. The van der Waals surface area contributed by atoms with E-state index in [1.807, 2.05) is 0 Å². The van der Waals surface area contributed by atoms with Gasteiger partial charge in [-0.05, 0) is 47.6 Å². The Hall–Kier alpha value is -1.69. The molecule has 4 fully saturated rings. The van der Waals surface area contributed by atoms with Gasteiger partial charge in [0.1, 0.15) is 22.7 Å². The van der Waals surface area contributed by atoms with E-state index in [1.54, 1.807) is 0 Å². The van der Waals surface area contributed by atoms with Crippen molar-refractivity contribution >= 4 is 23.4 Å². The van der Waals surface area contributed by atoms with Gasteiger partial charge in [-0.15, -0.1) is 0 Å². The Morgan fingerprint density at radius 3 is 2.60 bits per heavy atom. The SMILES string of the molecule is CC12CC(C(CC(=O)[C@@H]3CNC(=O)N3)c3ccc(F)c(Cl)c3F)(C1)C2. The van der Waals surface area contributed by atoms with Gasteiger partial charge in [0, 0.05) is 13.0 Å². The maximum absolute atomic E-state index is 14.6. The molecule has 0 spiro atoms. The molecule has 2 N–H and O–H groups in total. The minimum Gasteiger partial charge on any atom is -0.336 e. The number of ketones is 1. The van der Waals surface area contributed by atoms with Gasteiger partial charge in [0.25, 0.3) is 0 Å². The summed E-state index contributed by atoms with van der Waals surface area (Å²) in [6, 6.07) is 1.59. The summed E-state index contributed by atoms with van der Waals surface area (Å²) in [4.78, 5) is 23.9. The number of carbonyl (C=O) groups excluding carboxylic acids is 2. The van der Waals surface area contributed by atoms with E-state index in [0.717, 1.165) is 25.3 Å². The second-order valence-corrected chi connectivity index (χ2v) is 8.48. The Labute approximate surface area is 149 Å². The van der Waals surface area contributed by atoms with Gasteiger partial charge in [0.15, 0.2) is 5.78 Å². The van der Waals surface area contributed by atoms with Crippen molar-refractivity contribution in [2.24, 2.45) is 10.8 Å². The zero-order valence-corrected chi connectivity index (χ0v) is 14.6. The monoisotopic (exact) mass is 368 g/mol. The van der Waals surface area contributed by atoms with E-state index in [2.05, 4.69) is 17.6 Å². The van der Waals surface area contributed by atoms with Gasteiger partial charge in [-0.25, -0.2) is 13.6 Å². The van der Waals surface area contributed by atoms with Gasteiger partial charge in [0.2, 0.25) is 0 Å². The van der Waals surface area contributed by atoms with Crippen LogP contribution in [0.1, 0.15) is 44.1 Å². The van der Waals surface area contributed by atoms with E-state index >= 15 is 0 Å². The van der Waals surface area contributed by atoms with Crippen molar-refractivity contribution in [2.45, 2.75) is 44.6 Å². The zero-order chi connectivity index (χ0) is 18.0. The first-order chi connectivity index (χ1) is 11.7. The largest absolute Gasteiger partial charge is 0.336 e. The Kier molecular flexibility index (Phi) is 3.62. The molecule has 1 unspecified atom stereocenters. The molecule has 1 saturated heterocycles. The third-order valence-corrected chi connectivity index (χ3v) is 6.43. The predicted octanol–water partition coefficient (Wildman–Crippen LogP) is 3.53. The molecule has 1 aromatic carbocycles. The third-order valence-electron chi connectivity index (χ3n) is 6.08. The average Bonchev–Trinajstić information content (AvgIpc) is 2.94. The predicted molar refractivity (Wildman–Crippen MR) is 88.4 cm³/mol. The number of rotatable bonds is 5. The van der Waals surface area contributed by atoms with E-state index in [-0.39, 0.29) is 41.5 Å². The van der Waals surface area contributed by atoms with Crippen LogP contribution in [0.15, 0.2) is 12.1 Å². The molecular formula is C18H19ClF2N2O2. The fourth-order valence-corrected chi connectivity index (χ4v) is 5.40. The normalized spacial score (nSPS) is 33.8. The quantitative estimate of drug-likeness (QED) is 0.781. The Bertz CT molecular complexity index is 763. The number of hydrogen-bond acceptors (Lipinski definition) is 2. The summed E-state index contributed by atoms with van der Waals surface area (Å²) >= 11 is 5.76. The summed E-state index contributed by atoms with van der Waals surface area (Å²) in [5, 5.41) is 4.61. The molecule has 0 radical (unpaired) electrons. The first-order valence-electron chi connectivity index (χ1n) is 8.44. The number of urea groups is 1. The van der Waals surface area contributed by atoms with Crippen molar-refractivity contribution in [3.05, 3.63) is 34.4 Å². The van der Waals surface area contributed by atoms with Crippen LogP contribution in [-0.4, -0.2) is 24.4 Å². The molecule has 3 saturated carbocycles. The highest BCUT2D eigenvalue weighted by Gasteiger charge is 2.68. The number of halogens is 3. The topological polar surface area (TPSA) is 58.2 Å². The number of amides is 2. The van der Waals surface area contributed by atoms with E-state index in [9.17, 15) is 18.4 Å². The average molecular weight is 369 g/mol. The van der Waals surface area contributed by atoms with Crippen LogP contribution in [0, 0.1) is 22.5 Å². The third kappa shape index (κ3) is 2.53. The molecule has 2 atom stereocenters. The first kappa shape index (κ1) is 16.8. The van der Waals surface area contributed by atoms with Crippen LogP contribution < -0.4 is 10.6 Å². The van der Waals surface area contributed by atoms with Crippen LogP contribution in [-0.2, 0) is 4.79 Å². The second-order valence-electron chi connectivity index (χ2n) is 8.10. The fourth-order valence-electron chi connectivity index (χ4n) is 5.22. The van der Waals surface area contributed by atoms with E-state index < -0.39 is 22.7 Å². The van der Waals surface area contributed by atoms with Gasteiger partial charge in [0.05, 0.1) is 0 Å². The van der Waals surface area contributed by atoms with E-state index in [4.69, 9.17) is 11.6 Å². The van der Waals surface area contributed by atoms with Crippen molar-refractivity contribution in [3.8, 4) is 0 Å². The molecule has 1 aromatic rings. The van der Waals surface area contributed by atoms with Crippen LogP contribution in [0.4, 0.5) is 13.6 Å². The molecule has 4 nitrogen and oxygen atoms in total. The summed E-state index contributed by atoms with van der Waals surface area (Å²) in [5.41, 5.74) is 0.464. The summed E-state index contributed by atoms with van der Waals surface area (Å²) in [6.45, 7) is 2.42. The van der Waals surface area contributed by atoms with Crippen molar-refractivity contribution in [3.63, 3.8) is 0 Å². The molecule has 7 heteroatoms. The minimum absolute atomic E-state index is 0.113. The zero-order valence-electron chi connectivity index (χ0n) is 13.8. The molecule has 2 bridgehead atoms. The number of benzene rings is 1. The maximum Gasteiger partial charge on any atom is 0.315 e. The number of nitrogens with one attached hydrogen (secondary N) is 2. The molecule has 5 rings (SSSR count). The smallest absolute Gasteiger partial charge is 0.315 e. The highest BCUT2D eigenvalue weighted by Crippen LogP contribution is 2.78. The highest BCUT2D eigenvalue weighted by molar-refractivity contribution is 6.31. The van der Waals surface area contributed by atoms with Crippen LogP contribution in [0.5, 0.6) is 0 Å². The lowest BCUT2D eigenvalue weighted by molar-refractivity contribution is -0.208. The first-order valence-corrected chi connectivity index (χ1v) is 8.81. The molecule has 1 heterocycles. The number of hydrogen-bond donors (Lipinski definition) is 2.